The van der Waals surface area contributed by atoms with Gasteiger partial charge in [0.25, 0.3) is 0 Å². The zero-order chi connectivity index (χ0) is 17.4. The molecule has 1 fully saturated rings. The molecule has 25 heavy (non-hydrogen) atoms. The van der Waals surface area contributed by atoms with Crippen LogP contribution in [0.2, 0.25) is 0 Å². The van der Waals surface area contributed by atoms with E-state index < -0.39 is 0 Å². The largest absolute Gasteiger partial charge is 0.385 e. The van der Waals surface area contributed by atoms with E-state index in [-0.39, 0.29) is 24.0 Å². The van der Waals surface area contributed by atoms with E-state index in [0.29, 0.717) is 11.8 Å². The average Bonchev–Trinajstić information content (AvgIpc) is 2.93. The maximum atomic E-state index is 5.13. The summed E-state index contributed by atoms with van der Waals surface area (Å²) in [6, 6.07) is 0. The maximum Gasteiger partial charge on any atom is 0.194 e. The first-order valence-electron chi connectivity index (χ1n) is 8.64. The monoisotopic (exact) mass is 482 g/mol. The summed E-state index contributed by atoms with van der Waals surface area (Å²) < 4.78 is 7.13. The quantitative estimate of drug-likeness (QED) is 0.278. The molecule has 0 radical (unpaired) electrons. The summed E-state index contributed by atoms with van der Waals surface area (Å²) in [4.78, 5) is 7.19. The van der Waals surface area contributed by atoms with Crippen molar-refractivity contribution >= 4 is 41.7 Å². The van der Waals surface area contributed by atoms with Crippen molar-refractivity contribution in [1.82, 2.24) is 25.0 Å². The lowest BCUT2D eigenvalue weighted by atomic mass is 10.3. The van der Waals surface area contributed by atoms with E-state index in [4.69, 9.17) is 9.73 Å². The Kier molecular flexibility index (Phi) is 10.7. The van der Waals surface area contributed by atoms with Gasteiger partial charge < -0.3 is 19.5 Å². The zero-order valence-electron chi connectivity index (χ0n) is 15.7. The third-order valence-electron chi connectivity index (χ3n) is 4.25. The molecular weight excluding hydrogens is 451 g/mol. The lowest BCUT2D eigenvalue weighted by Crippen LogP contribution is -2.48. The summed E-state index contributed by atoms with van der Waals surface area (Å²) in [6.45, 7) is 8.47. The van der Waals surface area contributed by atoms with Gasteiger partial charge in [0.15, 0.2) is 11.8 Å². The number of hydrogen-bond acceptors (Lipinski definition) is 5. The number of nitrogens with zero attached hydrogens (tertiary/aromatic N) is 5. The molecule has 0 bridgehead atoms. The van der Waals surface area contributed by atoms with Crippen molar-refractivity contribution in [3.63, 3.8) is 0 Å². The summed E-state index contributed by atoms with van der Waals surface area (Å²) in [6.07, 6.45) is 2.17. The molecule has 1 unspecified atom stereocenters. The second kappa shape index (κ2) is 11.9. The minimum atomic E-state index is 0. The highest BCUT2D eigenvalue weighted by molar-refractivity contribution is 14.0. The van der Waals surface area contributed by atoms with Crippen LogP contribution in [0.1, 0.15) is 31.4 Å². The zero-order valence-corrected chi connectivity index (χ0v) is 18.8. The number of thioether (sulfide) groups is 1. The standard InChI is InChI=1S/C16H30N6OS.HI/c1-5-14-12-22(8-10-24-14)16(17-7-6-9-23-4)18-11-15-20-19-13(2)21(15)3;/h14H,5-12H2,1-4H3,(H,17,18);1H. The molecule has 2 rings (SSSR count). The van der Waals surface area contributed by atoms with Crippen LogP contribution in [0.4, 0.5) is 0 Å². The molecule has 0 saturated carbocycles. The number of methoxy groups -OCH3 is 1. The van der Waals surface area contributed by atoms with Gasteiger partial charge in [0.2, 0.25) is 0 Å². The number of ether oxygens (including phenoxy) is 1. The molecule has 2 heterocycles. The molecule has 0 amide bonds. The number of nitrogens with one attached hydrogen (secondary N) is 1. The Bertz CT molecular complexity index is 539. The normalized spacial score (nSPS) is 18.2. The van der Waals surface area contributed by atoms with Crippen LogP contribution in [0.3, 0.4) is 0 Å². The summed E-state index contributed by atoms with van der Waals surface area (Å²) in [5, 5.41) is 12.5. The Morgan fingerprint density at radius 1 is 1.44 bits per heavy atom. The van der Waals surface area contributed by atoms with E-state index in [0.717, 1.165) is 56.0 Å². The van der Waals surface area contributed by atoms with Crippen LogP contribution in [-0.2, 0) is 18.3 Å². The summed E-state index contributed by atoms with van der Waals surface area (Å²) in [5.41, 5.74) is 0. The smallest absolute Gasteiger partial charge is 0.194 e. The Labute approximate surface area is 172 Å². The molecule has 7 nitrogen and oxygen atoms in total. The van der Waals surface area contributed by atoms with Gasteiger partial charge in [-0.3, -0.25) is 0 Å². The highest BCUT2D eigenvalue weighted by Gasteiger charge is 2.21. The number of halogens is 1. The molecule has 1 aromatic rings. The third-order valence-corrected chi connectivity index (χ3v) is 5.63. The molecule has 0 aliphatic carbocycles. The highest BCUT2D eigenvalue weighted by atomic mass is 127. The van der Waals surface area contributed by atoms with Crippen molar-refractivity contribution in [2.45, 2.75) is 38.5 Å². The van der Waals surface area contributed by atoms with Crippen molar-refractivity contribution in [2.75, 3.05) is 39.1 Å². The molecule has 0 aromatic carbocycles. The van der Waals surface area contributed by atoms with Crippen molar-refractivity contribution in [3.05, 3.63) is 11.6 Å². The van der Waals surface area contributed by atoms with Crippen LogP contribution in [0.15, 0.2) is 4.99 Å². The van der Waals surface area contributed by atoms with Crippen molar-refractivity contribution in [1.29, 1.82) is 0 Å². The van der Waals surface area contributed by atoms with Crippen LogP contribution in [-0.4, -0.2) is 70.0 Å². The number of rotatable bonds is 7. The molecule has 144 valence electrons. The number of aromatic nitrogens is 3. The predicted molar refractivity (Wildman–Crippen MR) is 115 cm³/mol. The first kappa shape index (κ1) is 22.5. The maximum absolute atomic E-state index is 5.13. The van der Waals surface area contributed by atoms with Gasteiger partial charge in [-0.15, -0.1) is 34.2 Å². The van der Waals surface area contributed by atoms with Gasteiger partial charge in [0.05, 0.1) is 0 Å². The summed E-state index contributed by atoms with van der Waals surface area (Å²) in [5.74, 6) is 3.93. The van der Waals surface area contributed by atoms with E-state index >= 15 is 0 Å². The van der Waals surface area contributed by atoms with E-state index in [9.17, 15) is 0 Å². The molecule has 1 aliphatic rings. The minimum absolute atomic E-state index is 0. The molecule has 1 aromatic heterocycles. The second-order valence-electron chi connectivity index (χ2n) is 5.98. The van der Waals surface area contributed by atoms with Crippen LogP contribution < -0.4 is 5.32 Å². The van der Waals surface area contributed by atoms with Crippen LogP contribution in [0.25, 0.3) is 0 Å². The fraction of sp³-hybridized carbons (Fsp3) is 0.812. The first-order chi connectivity index (χ1) is 11.7. The van der Waals surface area contributed by atoms with Crippen LogP contribution in [0, 0.1) is 6.92 Å². The number of guanidine groups is 1. The molecule has 9 heteroatoms. The van der Waals surface area contributed by atoms with Crippen molar-refractivity contribution < 1.29 is 4.74 Å². The van der Waals surface area contributed by atoms with Gasteiger partial charge in [-0.25, -0.2) is 4.99 Å². The fourth-order valence-corrected chi connectivity index (χ4v) is 3.76. The minimum Gasteiger partial charge on any atom is -0.385 e. The van der Waals surface area contributed by atoms with E-state index in [1.54, 1.807) is 7.11 Å². The van der Waals surface area contributed by atoms with Gasteiger partial charge in [-0.05, 0) is 19.8 Å². The first-order valence-corrected chi connectivity index (χ1v) is 9.69. The van der Waals surface area contributed by atoms with Gasteiger partial charge in [-0.1, -0.05) is 6.92 Å². The highest BCUT2D eigenvalue weighted by Crippen LogP contribution is 2.21. The molecule has 1 saturated heterocycles. The Balaban J connectivity index is 0.00000312. The van der Waals surface area contributed by atoms with E-state index in [1.165, 1.54) is 6.42 Å². The van der Waals surface area contributed by atoms with Crippen LogP contribution in [0.5, 0.6) is 0 Å². The van der Waals surface area contributed by atoms with E-state index in [1.807, 2.05) is 18.5 Å². The van der Waals surface area contributed by atoms with Gasteiger partial charge >= 0.3 is 0 Å². The third kappa shape index (κ3) is 6.93. The summed E-state index contributed by atoms with van der Waals surface area (Å²) >= 11 is 2.07. The topological polar surface area (TPSA) is 67.6 Å². The van der Waals surface area contributed by atoms with Crippen LogP contribution >= 0.6 is 35.7 Å². The van der Waals surface area contributed by atoms with Gasteiger partial charge in [0, 0.05) is 51.4 Å². The Morgan fingerprint density at radius 2 is 2.24 bits per heavy atom. The SMILES string of the molecule is CCC1CN(C(=NCc2nnc(C)n2C)NCCCOC)CCS1.I. The number of hydrogen-bond donors (Lipinski definition) is 1. The number of aliphatic imine (C=N–C) groups is 1. The lowest BCUT2D eigenvalue weighted by Gasteiger charge is -2.34. The number of aryl methyl sites for hydroxylation is 1. The van der Waals surface area contributed by atoms with E-state index in [2.05, 4.69) is 39.1 Å². The molecule has 1 atom stereocenters. The molecule has 0 spiro atoms. The molecular formula is C16H31IN6OS. The predicted octanol–water partition coefficient (Wildman–Crippen LogP) is 2.05. The summed E-state index contributed by atoms with van der Waals surface area (Å²) in [7, 11) is 3.72. The van der Waals surface area contributed by atoms with Crippen molar-refractivity contribution in [3.8, 4) is 0 Å². The second-order valence-corrected chi connectivity index (χ2v) is 7.39. The van der Waals surface area contributed by atoms with Crippen molar-refractivity contribution in [2.24, 2.45) is 12.0 Å². The Hall–Kier alpha value is -0.550. The molecule has 1 N–H and O–H groups in total. The Morgan fingerprint density at radius 3 is 2.88 bits per heavy atom. The van der Waals surface area contributed by atoms with Gasteiger partial charge in [0.1, 0.15) is 12.4 Å². The average molecular weight is 482 g/mol. The fourth-order valence-electron chi connectivity index (χ4n) is 2.58. The lowest BCUT2D eigenvalue weighted by molar-refractivity contribution is 0.195. The molecule has 1 aliphatic heterocycles. The van der Waals surface area contributed by atoms with Gasteiger partial charge in [-0.2, -0.15) is 11.8 Å².